The molecule has 0 aromatic carbocycles. The highest BCUT2D eigenvalue weighted by molar-refractivity contribution is 7.47. The van der Waals surface area contributed by atoms with E-state index in [0.717, 1.165) is 58.2 Å². The van der Waals surface area contributed by atoms with Crippen LogP contribution in [-0.2, 0) is 42.5 Å². The molecule has 3 atom stereocenters. The molecule has 1 N–H and O–H groups in total. The quantitative estimate of drug-likeness (QED) is 0.0118. The monoisotopic (exact) mass is 918 g/mol. The van der Waals surface area contributed by atoms with Crippen LogP contribution in [0.5, 0.6) is 0 Å². The molecule has 0 aliphatic rings. The first-order valence-electron chi connectivity index (χ1n) is 26.1. The van der Waals surface area contributed by atoms with Gasteiger partial charge in [0.2, 0.25) is 6.29 Å². The zero-order valence-corrected chi connectivity index (χ0v) is 42.3. The van der Waals surface area contributed by atoms with Gasteiger partial charge in [-0.15, -0.1) is 4.67 Å². The van der Waals surface area contributed by atoms with E-state index >= 15 is 0 Å². The molecule has 0 aromatic rings. The lowest BCUT2D eigenvalue weighted by molar-refractivity contribution is -0.923. The number of unbranched alkanes of at least 4 members (excludes halogenated alkanes) is 28. The second-order valence-corrected chi connectivity index (χ2v) is 19.2. The Morgan fingerprint density at radius 3 is 1.33 bits per heavy atom. The van der Waals surface area contributed by atoms with E-state index in [0.29, 0.717) is 17.4 Å². The van der Waals surface area contributed by atoms with Crippen LogP contribution in [0.4, 0.5) is 0 Å². The summed E-state index contributed by atoms with van der Waals surface area (Å²) in [5.74, 6) is -0.809. The number of rotatable bonds is 49. The summed E-state index contributed by atoms with van der Waals surface area (Å²) in [7, 11) is -4.63. The summed E-state index contributed by atoms with van der Waals surface area (Å²) in [6, 6.07) is 1.90. The van der Waals surface area contributed by atoms with E-state index < -0.39 is 26.2 Å². The Morgan fingerprint density at radius 2 is 0.952 bits per heavy atom. The van der Waals surface area contributed by atoms with Gasteiger partial charge >= 0.3 is 19.8 Å². The lowest BCUT2D eigenvalue weighted by atomic mass is 10.0. The number of carbonyl (C=O) groups excluding carboxylic acids is 2. The maximum atomic E-state index is 12.9. The Bertz CT molecular complexity index is 1130. The normalized spacial score (nSPS) is 13.7. The van der Waals surface area contributed by atoms with Crippen LogP contribution in [0, 0.1) is 11.3 Å². The fourth-order valence-corrected chi connectivity index (χ4v) is 8.49. The summed E-state index contributed by atoms with van der Waals surface area (Å²) in [6.45, 7) is 13.2. The summed E-state index contributed by atoms with van der Waals surface area (Å²) in [5, 5.41) is 9.37. The molecule has 0 rings (SSSR count). The van der Waals surface area contributed by atoms with Crippen molar-refractivity contribution in [3.05, 3.63) is 0 Å². The summed E-state index contributed by atoms with van der Waals surface area (Å²) in [6.07, 6.45) is 34.8. The molecule has 0 heterocycles. The van der Waals surface area contributed by atoms with Crippen molar-refractivity contribution < 1.29 is 51.8 Å². The molecule has 0 bridgehead atoms. The van der Waals surface area contributed by atoms with Crippen molar-refractivity contribution in [3.8, 4) is 6.07 Å². The third-order valence-electron chi connectivity index (χ3n) is 12.5. The Kier molecular flexibility index (Phi) is 43.2. The second-order valence-electron chi connectivity index (χ2n) is 17.8. The van der Waals surface area contributed by atoms with Crippen molar-refractivity contribution in [2.24, 2.45) is 0 Å². The predicted octanol–water partition coefficient (Wildman–Crippen LogP) is 14.2. The number of carbonyl (C=O) groups is 2. The van der Waals surface area contributed by atoms with Crippen LogP contribution in [-0.4, -0.2) is 79.7 Å². The molecule has 0 radical (unpaired) electrons. The molecule has 13 heteroatoms. The average molecular weight is 918 g/mol. The highest BCUT2D eigenvalue weighted by Gasteiger charge is 2.29. The molecule has 0 aliphatic carbocycles. The van der Waals surface area contributed by atoms with Gasteiger partial charge in [-0.25, -0.2) is 4.57 Å². The first-order valence-corrected chi connectivity index (χ1v) is 27.6. The fourth-order valence-electron chi connectivity index (χ4n) is 7.93. The van der Waals surface area contributed by atoms with Crippen LogP contribution in [0.2, 0.25) is 0 Å². The summed E-state index contributed by atoms with van der Waals surface area (Å²) in [4.78, 5) is 40.9. The van der Waals surface area contributed by atoms with Crippen LogP contribution in [0.3, 0.4) is 0 Å². The predicted molar refractivity (Wildman–Crippen MR) is 255 cm³/mol. The van der Waals surface area contributed by atoms with Gasteiger partial charge in [-0.1, -0.05) is 194 Å². The van der Waals surface area contributed by atoms with E-state index in [1.165, 1.54) is 148 Å². The summed E-state index contributed by atoms with van der Waals surface area (Å²) < 4.78 is 40.1. The van der Waals surface area contributed by atoms with E-state index in [4.69, 9.17) is 28.3 Å². The Labute approximate surface area is 386 Å². The van der Waals surface area contributed by atoms with Crippen LogP contribution in [0.15, 0.2) is 0 Å². The maximum absolute atomic E-state index is 12.9. The maximum Gasteiger partial charge on any atom is 0.499 e. The molecule has 0 aliphatic heterocycles. The van der Waals surface area contributed by atoms with E-state index in [-0.39, 0.29) is 45.1 Å². The highest BCUT2D eigenvalue weighted by atomic mass is 31.2. The van der Waals surface area contributed by atoms with Crippen molar-refractivity contribution >= 4 is 19.8 Å². The van der Waals surface area contributed by atoms with Gasteiger partial charge in [-0.3, -0.25) is 14.1 Å². The molecule has 12 nitrogen and oxygen atoms in total. The van der Waals surface area contributed by atoms with Gasteiger partial charge in [0.1, 0.15) is 19.8 Å². The van der Waals surface area contributed by atoms with E-state index in [1.807, 2.05) is 6.07 Å². The van der Waals surface area contributed by atoms with Crippen LogP contribution in [0.25, 0.3) is 0 Å². The lowest BCUT2D eigenvalue weighted by Gasteiger charge is -2.35. The number of phosphoric acid groups is 1. The largest absolute Gasteiger partial charge is 0.499 e. The number of quaternary nitrogens is 1. The molecule has 63 heavy (non-hydrogen) atoms. The fraction of sp³-hybridized carbons (Fsp3) is 0.940. The highest BCUT2D eigenvalue weighted by Crippen LogP contribution is 2.44. The summed E-state index contributed by atoms with van der Waals surface area (Å²) in [5.41, 5.74) is 0. The summed E-state index contributed by atoms with van der Waals surface area (Å²) >= 11 is 0. The van der Waals surface area contributed by atoms with Crippen molar-refractivity contribution in [2.75, 3.05) is 46.0 Å². The number of phosphoric ester groups is 1. The molecule has 0 saturated heterocycles. The van der Waals surface area contributed by atoms with Gasteiger partial charge in [-0.05, 0) is 33.6 Å². The Balaban J connectivity index is 4.77. The van der Waals surface area contributed by atoms with Crippen LogP contribution in [0.1, 0.15) is 247 Å². The Hall–Kier alpha value is -1.58. The molecule has 0 amide bonds. The zero-order valence-electron chi connectivity index (χ0n) is 41.4. The minimum atomic E-state index is -4.63. The second kappa shape index (κ2) is 44.3. The van der Waals surface area contributed by atoms with Gasteiger partial charge in [0, 0.05) is 12.8 Å². The number of nitrogens with zero attached hydrogens (tertiary/aromatic N) is 2. The van der Waals surface area contributed by atoms with Crippen molar-refractivity contribution in [1.29, 1.82) is 5.26 Å². The standard InChI is InChI=1S/C50H97N2O10P/c1-6-11-13-15-17-19-21-23-25-27-29-31-33-35-37-39-48(53)57-45-47(60-49(54)40-38-36-34-32-30-28-26-24-22-20-18-16-14-12-7-2)46-58-50(41-42-51)61-62-63(55,56)59-44-43-52(8-3,9-4)10-5/h47,50H,6-41,43-46H2,1-5H3/p+1. The minimum Gasteiger partial charge on any atom is -0.462 e. The van der Waals surface area contributed by atoms with Crippen LogP contribution < -0.4 is 0 Å². The number of esters is 2. The number of likely N-dealkylation sites (N-methyl/N-ethyl adjacent to an activating group) is 1. The third kappa shape index (κ3) is 39.3. The molecule has 372 valence electrons. The molecular formula is C50H98N2O10P+. The Morgan fingerprint density at radius 1 is 0.571 bits per heavy atom. The van der Waals surface area contributed by atoms with Gasteiger partial charge in [-0.2, -0.15) is 10.1 Å². The van der Waals surface area contributed by atoms with Gasteiger partial charge < -0.3 is 23.6 Å². The molecule has 0 spiro atoms. The topological polar surface area (TPSA) is 151 Å². The molecule has 0 fully saturated rings. The lowest BCUT2D eigenvalue weighted by Crippen LogP contribution is -2.49. The average Bonchev–Trinajstić information content (AvgIpc) is 3.27. The van der Waals surface area contributed by atoms with E-state index in [1.54, 1.807) is 0 Å². The zero-order chi connectivity index (χ0) is 46.5. The van der Waals surface area contributed by atoms with Crippen molar-refractivity contribution in [3.63, 3.8) is 0 Å². The van der Waals surface area contributed by atoms with E-state index in [2.05, 4.69) is 34.6 Å². The van der Waals surface area contributed by atoms with Crippen molar-refractivity contribution in [2.45, 2.75) is 259 Å². The third-order valence-corrected chi connectivity index (χ3v) is 13.3. The van der Waals surface area contributed by atoms with E-state index in [9.17, 15) is 24.3 Å². The van der Waals surface area contributed by atoms with Gasteiger partial charge in [0.05, 0.1) is 38.7 Å². The molecule has 3 unspecified atom stereocenters. The smallest absolute Gasteiger partial charge is 0.462 e. The number of hydrogen-bond acceptors (Lipinski definition) is 10. The first kappa shape index (κ1) is 61.4. The van der Waals surface area contributed by atoms with Crippen molar-refractivity contribution in [1.82, 2.24) is 0 Å². The number of ether oxygens (including phenoxy) is 3. The van der Waals surface area contributed by atoms with Gasteiger partial charge in [0.25, 0.3) is 0 Å². The SMILES string of the molecule is CCCCCCCCCCCCCCCCCC(=O)OCC(COC(CC#N)OOP(=O)(O)OCC[N+](CC)(CC)CC)OC(=O)CCCCCCCCCCCCCCCCC. The first-order chi connectivity index (χ1) is 30.6. The van der Waals surface area contributed by atoms with Gasteiger partial charge in [0.15, 0.2) is 6.10 Å². The minimum absolute atomic E-state index is 0.0292. The molecule has 0 saturated carbocycles. The van der Waals surface area contributed by atoms with Crippen LogP contribution >= 0.6 is 7.82 Å². The molecular weight excluding hydrogens is 820 g/mol. The molecule has 0 aromatic heterocycles. The number of nitriles is 1. The number of hydrogen-bond donors (Lipinski definition) is 1.